The highest BCUT2D eigenvalue weighted by atomic mass is 16.5. The summed E-state index contributed by atoms with van der Waals surface area (Å²) in [6, 6.07) is 7.80. The molecule has 0 saturated carbocycles. The maximum Gasteiger partial charge on any atom is 0.226 e. The number of unbranched alkanes of at least 4 members (excludes halogenated alkanes) is 1. The predicted molar refractivity (Wildman–Crippen MR) is 114 cm³/mol. The van der Waals surface area contributed by atoms with Crippen LogP contribution in [0.25, 0.3) is 0 Å². The first kappa shape index (κ1) is 21.6. The molecule has 2 amide bonds. The topological polar surface area (TPSA) is 61.9 Å². The van der Waals surface area contributed by atoms with E-state index in [1.54, 1.807) is 7.11 Å². The van der Waals surface area contributed by atoms with Crippen molar-refractivity contribution in [1.82, 2.24) is 15.1 Å². The number of hydrogen-bond donors (Lipinski definition) is 1. The van der Waals surface area contributed by atoms with Crippen molar-refractivity contribution in [3.05, 3.63) is 29.8 Å². The maximum atomic E-state index is 13.2. The van der Waals surface area contributed by atoms with E-state index in [0.29, 0.717) is 13.0 Å². The Morgan fingerprint density at radius 1 is 1.17 bits per heavy atom. The Labute approximate surface area is 174 Å². The van der Waals surface area contributed by atoms with Gasteiger partial charge in [0.15, 0.2) is 0 Å². The molecule has 0 unspecified atom stereocenters. The molecule has 6 heteroatoms. The fourth-order valence-electron chi connectivity index (χ4n) is 4.53. The van der Waals surface area contributed by atoms with Gasteiger partial charge in [-0.3, -0.25) is 9.59 Å². The SMILES string of the molecule is CCCCN1C(=O)C[C@@H](C(=O)NC2CCN(CC)CC2)[C@@H]1c1ccc(OC)cc1. The van der Waals surface area contributed by atoms with Gasteiger partial charge in [-0.1, -0.05) is 32.4 Å². The Hall–Kier alpha value is -2.08. The number of hydrogen-bond acceptors (Lipinski definition) is 4. The van der Waals surface area contributed by atoms with Crippen LogP contribution in [0.15, 0.2) is 24.3 Å². The van der Waals surface area contributed by atoms with E-state index in [2.05, 4.69) is 24.1 Å². The number of carbonyl (C=O) groups excluding carboxylic acids is 2. The van der Waals surface area contributed by atoms with Crippen LogP contribution in [0.5, 0.6) is 5.75 Å². The minimum Gasteiger partial charge on any atom is -0.497 e. The van der Waals surface area contributed by atoms with Gasteiger partial charge in [-0.15, -0.1) is 0 Å². The van der Waals surface area contributed by atoms with Gasteiger partial charge in [-0.2, -0.15) is 0 Å². The maximum absolute atomic E-state index is 13.2. The lowest BCUT2D eigenvalue weighted by molar-refractivity contribution is -0.129. The number of ether oxygens (including phenoxy) is 1. The zero-order chi connectivity index (χ0) is 20.8. The van der Waals surface area contributed by atoms with Crippen LogP contribution in [0.4, 0.5) is 0 Å². The van der Waals surface area contributed by atoms with Crippen LogP contribution in [0.3, 0.4) is 0 Å². The zero-order valence-electron chi connectivity index (χ0n) is 18.0. The van der Waals surface area contributed by atoms with E-state index in [0.717, 1.165) is 56.6 Å². The highest BCUT2D eigenvalue weighted by Gasteiger charge is 2.44. The molecule has 29 heavy (non-hydrogen) atoms. The molecule has 3 rings (SSSR count). The first-order valence-corrected chi connectivity index (χ1v) is 11.0. The molecule has 2 aliphatic rings. The second-order valence-corrected chi connectivity index (χ2v) is 8.19. The number of likely N-dealkylation sites (tertiary alicyclic amines) is 2. The van der Waals surface area contributed by atoms with Gasteiger partial charge in [0.25, 0.3) is 0 Å². The van der Waals surface area contributed by atoms with E-state index < -0.39 is 0 Å². The summed E-state index contributed by atoms with van der Waals surface area (Å²) in [6.45, 7) is 8.10. The van der Waals surface area contributed by atoms with Crippen LogP contribution < -0.4 is 10.1 Å². The third kappa shape index (κ3) is 5.10. The quantitative estimate of drug-likeness (QED) is 0.727. The highest BCUT2D eigenvalue weighted by Crippen LogP contribution is 2.39. The third-order valence-electron chi connectivity index (χ3n) is 6.36. The summed E-state index contributed by atoms with van der Waals surface area (Å²) >= 11 is 0. The smallest absolute Gasteiger partial charge is 0.226 e. The number of carbonyl (C=O) groups is 2. The van der Waals surface area contributed by atoms with E-state index in [1.807, 2.05) is 29.2 Å². The van der Waals surface area contributed by atoms with Crippen LogP contribution >= 0.6 is 0 Å². The second kappa shape index (κ2) is 10.1. The molecular weight excluding hydrogens is 366 g/mol. The van der Waals surface area contributed by atoms with Crippen molar-refractivity contribution in [2.45, 2.75) is 58.0 Å². The largest absolute Gasteiger partial charge is 0.497 e. The molecule has 2 fully saturated rings. The Kier molecular flexibility index (Phi) is 7.53. The summed E-state index contributed by atoms with van der Waals surface area (Å²) in [7, 11) is 1.64. The number of amides is 2. The Morgan fingerprint density at radius 2 is 1.86 bits per heavy atom. The molecule has 0 spiro atoms. The summed E-state index contributed by atoms with van der Waals surface area (Å²) < 4.78 is 5.27. The van der Waals surface area contributed by atoms with E-state index in [9.17, 15) is 9.59 Å². The van der Waals surface area contributed by atoms with Crippen molar-refractivity contribution in [1.29, 1.82) is 0 Å². The normalized spacial score (nSPS) is 23.4. The summed E-state index contributed by atoms with van der Waals surface area (Å²) in [5, 5.41) is 3.26. The minimum atomic E-state index is -0.336. The Balaban J connectivity index is 1.75. The van der Waals surface area contributed by atoms with Gasteiger partial charge >= 0.3 is 0 Å². The second-order valence-electron chi connectivity index (χ2n) is 8.19. The van der Waals surface area contributed by atoms with E-state index >= 15 is 0 Å². The first-order valence-electron chi connectivity index (χ1n) is 11.0. The van der Waals surface area contributed by atoms with Crippen molar-refractivity contribution in [2.24, 2.45) is 5.92 Å². The average molecular weight is 402 g/mol. The molecule has 0 radical (unpaired) electrons. The molecule has 6 nitrogen and oxygen atoms in total. The van der Waals surface area contributed by atoms with Crippen LogP contribution in [-0.2, 0) is 9.59 Å². The van der Waals surface area contributed by atoms with Crippen LogP contribution in [0, 0.1) is 5.92 Å². The molecular formula is C23H35N3O3. The Morgan fingerprint density at radius 3 is 2.45 bits per heavy atom. The van der Waals surface area contributed by atoms with Crippen molar-refractivity contribution >= 4 is 11.8 Å². The number of rotatable bonds is 8. The average Bonchev–Trinajstić information content (AvgIpc) is 3.09. The van der Waals surface area contributed by atoms with Gasteiger partial charge in [-0.25, -0.2) is 0 Å². The first-order chi connectivity index (χ1) is 14.1. The molecule has 1 N–H and O–H groups in total. The Bertz CT molecular complexity index is 683. The lowest BCUT2D eigenvalue weighted by Crippen LogP contribution is -2.47. The molecule has 0 aromatic heterocycles. The fraction of sp³-hybridized carbons (Fsp3) is 0.652. The molecule has 2 aliphatic heterocycles. The molecule has 160 valence electrons. The predicted octanol–water partition coefficient (Wildman–Crippen LogP) is 2.99. The van der Waals surface area contributed by atoms with Gasteiger partial charge in [0.05, 0.1) is 19.1 Å². The summed E-state index contributed by atoms with van der Waals surface area (Å²) in [4.78, 5) is 30.3. The third-order valence-corrected chi connectivity index (χ3v) is 6.36. The number of methoxy groups -OCH3 is 1. The van der Waals surface area contributed by atoms with E-state index in [4.69, 9.17) is 4.74 Å². The van der Waals surface area contributed by atoms with Gasteiger partial charge in [-0.05, 0) is 43.5 Å². The van der Waals surface area contributed by atoms with Crippen molar-refractivity contribution in [3.63, 3.8) is 0 Å². The minimum absolute atomic E-state index is 0.0214. The standard InChI is InChI=1S/C23H35N3O3/c1-4-6-13-26-21(27)16-20(22(26)17-7-9-19(29-3)10-8-17)23(28)24-18-11-14-25(5-2)15-12-18/h7-10,18,20,22H,4-6,11-16H2,1-3H3,(H,24,28)/t20-,22+/m1/s1. The van der Waals surface area contributed by atoms with Gasteiger partial charge < -0.3 is 19.9 Å². The molecule has 1 aromatic rings. The number of nitrogens with one attached hydrogen (secondary N) is 1. The molecule has 0 bridgehead atoms. The molecule has 2 heterocycles. The van der Waals surface area contributed by atoms with Crippen LogP contribution in [0.2, 0.25) is 0 Å². The highest BCUT2D eigenvalue weighted by molar-refractivity contribution is 5.90. The van der Waals surface area contributed by atoms with Crippen molar-refractivity contribution < 1.29 is 14.3 Å². The zero-order valence-corrected chi connectivity index (χ0v) is 18.0. The van der Waals surface area contributed by atoms with E-state index in [1.165, 1.54) is 0 Å². The summed E-state index contributed by atoms with van der Waals surface area (Å²) in [5.74, 6) is 0.548. The van der Waals surface area contributed by atoms with Gasteiger partial charge in [0.1, 0.15) is 5.75 Å². The molecule has 0 aliphatic carbocycles. The van der Waals surface area contributed by atoms with Crippen LogP contribution in [0.1, 0.15) is 57.6 Å². The summed E-state index contributed by atoms with van der Waals surface area (Å²) in [6.07, 6.45) is 4.22. The number of nitrogens with zero attached hydrogens (tertiary/aromatic N) is 2. The van der Waals surface area contributed by atoms with E-state index in [-0.39, 0.29) is 29.8 Å². The molecule has 2 saturated heterocycles. The lowest BCUT2D eigenvalue weighted by atomic mass is 9.91. The summed E-state index contributed by atoms with van der Waals surface area (Å²) in [5.41, 5.74) is 1.01. The van der Waals surface area contributed by atoms with Crippen molar-refractivity contribution in [2.75, 3.05) is 33.3 Å². The monoisotopic (exact) mass is 401 g/mol. The number of benzene rings is 1. The van der Waals surface area contributed by atoms with Crippen LogP contribution in [-0.4, -0.2) is 60.9 Å². The van der Waals surface area contributed by atoms with Crippen molar-refractivity contribution in [3.8, 4) is 5.75 Å². The molecule has 1 aromatic carbocycles. The number of piperidine rings is 1. The fourth-order valence-corrected chi connectivity index (χ4v) is 4.53. The molecule has 2 atom stereocenters. The lowest BCUT2D eigenvalue weighted by Gasteiger charge is -2.33. The van der Waals surface area contributed by atoms with Gasteiger partial charge in [0.2, 0.25) is 11.8 Å². The van der Waals surface area contributed by atoms with Gasteiger partial charge in [0, 0.05) is 32.1 Å².